The van der Waals surface area contributed by atoms with Crippen LogP contribution in [0.5, 0.6) is 0 Å². The fraction of sp³-hybridized carbons (Fsp3) is 0.480. The lowest BCUT2D eigenvalue weighted by molar-refractivity contribution is 0.0939. The number of nitrogens with one attached hydrogen (secondary N) is 2. The first-order chi connectivity index (χ1) is 13.7. The van der Waals surface area contributed by atoms with E-state index in [0.29, 0.717) is 17.9 Å². The van der Waals surface area contributed by atoms with Crippen LogP contribution in [0.4, 0.5) is 5.69 Å². The highest BCUT2D eigenvalue weighted by atomic mass is 16.1. The van der Waals surface area contributed by atoms with E-state index in [4.69, 9.17) is 0 Å². The predicted octanol–water partition coefficient (Wildman–Crippen LogP) is 5.51. The minimum atomic E-state index is 0.0574. The SMILES string of the molecule is CC[C@@H](C)NC(=O)c1ccc2c(c1)[C@H]1[C@@H]3CC[C@@H](C3)[C@@H]1[C@H](c1ccccc1)N2. The third kappa shape index (κ3) is 2.83. The summed E-state index contributed by atoms with van der Waals surface area (Å²) in [7, 11) is 0. The molecule has 2 aromatic rings. The number of amides is 1. The molecule has 1 amide bonds. The van der Waals surface area contributed by atoms with E-state index in [1.807, 2.05) is 6.07 Å². The van der Waals surface area contributed by atoms with Gasteiger partial charge in [0, 0.05) is 17.3 Å². The molecule has 28 heavy (non-hydrogen) atoms. The summed E-state index contributed by atoms with van der Waals surface area (Å²) in [5.41, 5.74) is 4.80. The van der Waals surface area contributed by atoms with Gasteiger partial charge in [-0.1, -0.05) is 37.3 Å². The van der Waals surface area contributed by atoms with Gasteiger partial charge in [-0.2, -0.15) is 0 Å². The summed E-state index contributed by atoms with van der Waals surface area (Å²) >= 11 is 0. The van der Waals surface area contributed by atoms with Gasteiger partial charge in [0.1, 0.15) is 0 Å². The summed E-state index contributed by atoms with van der Waals surface area (Å²) in [5, 5.41) is 6.98. The monoisotopic (exact) mass is 374 g/mol. The van der Waals surface area contributed by atoms with Crippen molar-refractivity contribution in [2.24, 2.45) is 17.8 Å². The summed E-state index contributed by atoms with van der Waals surface area (Å²) in [6.07, 6.45) is 5.00. The summed E-state index contributed by atoms with van der Waals surface area (Å²) in [4.78, 5) is 12.7. The Labute approximate surface area is 167 Å². The maximum atomic E-state index is 12.7. The number of rotatable bonds is 4. The third-order valence-electron chi connectivity index (χ3n) is 7.50. The van der Waals surface area contributed by atoms with E-state index in [2.05, 4.69) is 66.9 Å². The van der Waals surface area contributed by atoms with Crippen molar-refractivity contribution < 1.29 is 4.79 Å². The number of fused-ring (bicyclic) bond motifs is 7. The van der Waals surface area contributed by atoms with Crippen LogP contribution in [-0.4, -0.2) is 11.9 Å². The van der Waals surface area contributed by atoms with Gasteiger partial charge in [0.2, 0.25) is 0 Å². The van der Waals surface area contributed by atoms with Gasteiger partial charge in [-0.15, -0.1) is 0 Å². The Morgan fingerprint density at radius 3 is 2.71 bits per heavy atom. The van der Waals surface area contributed by atoms with Gasteiger partial charge >= 0.3 is 0 Å². The van der Waals surface area contributed by atoms with Gasteiger partial charge in [-0.05, 0) is 85.6 Å². The van der Waals surface area contributed by atoms with E-state index in [0.717, 1.165) is 23.8 Å². The normalized spacial score (nSPS) is 30.9. The summed E-state index contributed by atoms with van der Waals surface area (Å²) in [5.74, 6) is 2.86. The van der Waals surface area contributed by atoms with Gasteiger partial charge in [-0.3, -0.25) is 4.79 Å². The summed E-state index contributed by atoms with van der Waals surface area (Å²) < 4.78 is 0. The second-order valence-corrected chi connectivity index (χ2v) is 9.05. The molecule has 2 fully saturated rings. The van der Waals surface area contributed by atoms with Crippen molar-refractivity contribution in [2.75, 3.05) is 5.32 Å². The van der Waals surface area contributed by atoms with E-state index in [1.165, 1.54) is 36.1 Å². The van der Waals surface area contributed by atoms with E-state index < -0.39 is 0 Å². The molecule has 1 heterocycles. The highest BCUT2D eigenvalue weighted by Gasteiger charge is 2.53. The van der Waals surface area contributed by atoms with Crippen LogP contribution in [0.15, 0.2) is 48.5 Å². The number of hydrogen-bond acceptors (Lipinski definition) is 2. The van der Waals surface area contributed by atoms with Crippen molar-refractivity contribution in [2.45, 2.75) is 57.5 Å². The molecule has 3 nitrogen and oxygen atoms in total. The van der Waals surface area contributed by atoms with Crippen molar-refractivity contribution in [3.05, 3.63) is 65.2 Å². The lowest BCUT2D eigenvalue weighted by Gasteiger charge is -2.43. The lowest BCUT2D eigenvalue weighted by atomic mass is 9.68. The molecule has 0 aromatic heterocycles. The fourth-order valence-corrected chi connectivity index (χ4v) is 6.03. The largest absolute Gasteiger partial charge is 0.378 e. The van der Waals surface area contributed by atoms with Crippen molar-refractivity contribution in [1.29, 1.82) is 0 Å². The van der Waals surface area contributed by atoms with Crippen LogP contribution in [0, 0.1) is 17.8 Å². The van der Waals surface area contributed by atoms with Gasteiger partial charge in [0.25, 0.3) is 5.91 Å². The molecular weight excluding hydrogens is 344 g/mol. The van der Waals surface area contributed by atoms with Crippen molar-refractivity contribution >= 4 is 11.6 Å². The minimum absolute atomic E-state index is 0.0574. The van der Waals surface area contributed by atoms with Gasteiger partial charge < -0.3 is 10.6 Å². The Balaban J connectivity index is 1.52. The minimum Gasteiger partial charge on any atom is -0.378 e. The number of benzene rings is 2. The van der Waals surface area contributed by atoms with E-state index in [9.17, 15) is 4.79 Å². The van der Waals surface area contributed by atoms with Crippen LogP contribution in [0.2, 0.25) is 0 Å². The molecule has 3 aliphatic rings. The average Bonchev–Trinajstić information content (AvgIpc) is 3.36. The maximum absolute atomic E-state index is 12.7. The molecule has 146 valence electrons. The first kappa shape index (κ1) is 17.8. The summed E-state index contributed by atoms with van der Waals surface area (Å²) in [6, 6.07) is 17.8. The van der Waals surface area contributed by atoms with Crippen LogP contribution < -0.4 is 10.6 Å². The zero-order valence-corrected chi connectivity index (χ0v) is 16.8. The molecule has 2 N–H and O–H groups in total. The third-order valence-corrected chi connectivity index (χ3v) is 7.50. The average molecular weight is 375 g/mol. The fourth-order valence-electron chi connectivity index (χ4n) is 6.03. The second-order valence-electron chi connectivity index (χ2n) is 9.05. The Morgan fingerprint density at radius 2 is 1.93 bits per heavy atom. The molecule has 0 unspecified atom stereocenters. The van der Waals surface area contributed by atoms with Gasteiger partial charge in [-0.25, -0.2) is 0 Å². The van der Waals surface area contributed by atoms with E-state index >= 15 is 0 Å². The van der Waals surface area contributed by atoms with Crippen LogP contribution in [0.3, 0.4) is 0 Å². The molecule has 0 saturated heterocycles. The number of carbonyl (C=O) groups excluding carboxylic acids is 1. The molecule has 2 aromatic carbocycles. The molecule has 0 spiro atoms. The van der Waals surface area contributed by atoms with Gasteiger partial charge in [0.15, 0.2) is 0 Å². The highest BCUT2D eigenvalue weighted by molar-refractivity contribution is 5.95. The molecule has 2 bridgehead atoms. The number of carbonyl (C=O) groups is 1. The Morgan fingerprint density at radius 1 is 1.14 bits per heavy atom. The molecule has 0 radical (unpaired) electrons. The molecule has 2 aliphatic carbocycles. The highest BCUT2D eigenvalue weighted by Crippen LogP contribution is 2.63. The number of anilines is 1. The smallest absolute Gasteiger partial charge is 0.251 e. The van der Waals surface area contributed by atoms with Crippen LogP contribution >= 0.6 is 0 Å². The molecule has 1 aliphatic heterocycles. The Kier molecular flexibility index (Phi) is 4.41. The predicted molar refractivity (Wildman–Crippen MR) is 114 cm³/mol. The molecular formula is C25H30N2O. The molecule has 2 saturated carbocycles. The molecule has 6 atom stereocenters. The standard InChI is InChI=1S/C25H30N2O/c1-3-15(2)26-25(28)19-11-12-21-20(14-19)22-17-9-10-18(13-17)23(22)24(27-21)16-7-5-4-6-8-16/h4-8,11-12,14-15,17-18,22-24,27H,3,9-10,13H2,1-2H3,(H,26,28)/t15-,17-,18+,22-,23+,24+/m1/s1. The van der Waals surface area contributed by atoms with Crippen LogP contribution in [-0.2, 0) is 0 Å². The Bertz CT molecular complexity index is 877. The Hall–Kier alpha value is -2.29. The van der Waals surface area contributed by atoms with E-state index in [-0.39, 0.29) is 11.9 Å². The zero-order chi connectivity index (χ0) is 19.3. The van der Waals surface area contributed by atoms with Crippen LogP contribution in [0.25, 0.3) is 0 Å². The first-order valence-electron chi connectivity index (χ1n) is 10.9. The van der Waals surface area contributed by atoms with Gasteiger partial charge in [0.05, 0.1) is 6.04 Å². The van der Waals surface area contributed by atoms with Crippen molar-refractivity contribution in [3.8, 4) is 0 Å². The van der Waals surface area contributed by atoms with Crippen molar-refractivity contribution in [3.63, 3.8) is 0 Å². The summed E-state index contributed by atoms with van der Waals surface area (Å²) in [6.45, 7) is 4.17. The second kappa shape index (κ2) is 6.95. The number of hydrogen-bond donors (Lipinski definition) is 2. The van der Waals surface area contributed by atoms with Crippen LogP contribution in [0.1, 0.15) is 73.0 Å². The molecule has 3 heteroatoms. The van der Waals surface area contributed by atoms with E-state index in [1.54, 1.807) is 0 Å². The topological polar surface area (TPSA) is 41.1 Å². The molecule has 5 rings (SSSR count). The lowest BCUT2D eigenvalue weighted by Crippen LogP contribution is -2.36. The zero-order valence-electron chi connectivity index (χ0n) is 16.8. The van der Waals surface area contributed by atoms with Crippen molar-refractivity contribution in [1.82, 2.24) is 5.32 Å². The maximum Gasteiger partial charge on any atom is 0.251 e. The first-order valence-corrected chi connectivity index (χ1v) is 10.9. The quantitative estimate of drug-likeness (QED) is 0.741.